The van der Waals surface area contributed by atoms with E-state index in [1.807, 2.05) is 4.98 Å². The minimum Gasteiger partial charge on any atom is -0.394 e. The van der Waals surface area contributed by atoms with Crippen molar-refractivity contribution >= 4 is 49.7 Å². The van der Waals surface area contributed by atoms with Gasteiger partial charge in [0.1, 0.15) is 66.8 Å². The maximum atomic E-state index is 13.4. The normalized spacial score (nSPS) is 32.1. The highest BCUT2D eigenvalue weighted by molar-refractivity contribution is 7.47. The van der Waals surface area contributed by atoms with Crippen LogP contribution >= 0.6 is 15.6 Å². The molecule has 2 unspecified atom stereocenters. The van der Waals surface area contributed by atoms with Gasteiger partial charge in [-0.2, -0.15) is 4.98 Å². The van der Waals surface area contributed by atoms with Gasteiger partial charge >= 0.3 is 21.3 Å². The first kappa shape index (κ1) is 43.7. The van der Waals surface area contributed by atoms with Crippen LogP contribution in [0.15, 0.2) is 45.6 Å². The van der Waals surface area contributed by atoms with Crippen LogP contribution in [-0.2, 0) is 41.4 Å². The minimum atomic E-state index is -5.42. The standard InChI is InChI=1S/C29H36N12O19P2/c30-21-13-22(33-6-32-21)40(7-34-13)27-17(46)19(9(3-42)56-27)59-62(52,53)55-5-11-20(18(47)26(58-11)39-2-1-12(43)36-29(39)49)60-61(50,51)54-4-10-15(44)16(45)25(57-10)41-8-35-14-23(41)37-28(31)38-24(14)48/h1-2,6-11,15-20,25-27,42,44-47H,3-5H2,(H,50,51)(H,52,53)(H2,30,32,33)(H,36,43,49)(H3,31,37,38,48)/t9-,10-,11-,15-,16-,17-,18-,19-,20-,25-,26-,27-/m1/s1. The van der Waals surface area contributed by atoms with Gasteiger partial charge in [0.05, 0.1) is 32.5 Å². The Hall–Kier alpha value is -4.92. The van der Waals surface area contributed by atoms with Crippen molar-refractivity contribution in [3.05, 3.63) is 62.4 Å². The number of hydrogen-bond acceptors (Lipinski definition) is 24. The van der Waals surface area contributed by atoms with E-state index >= 15 is 0 Å². The van der Waals surface area contributed by atoms with Crippen LogP contribution in [0.5, 0.6) is 0 Å². The van der Waals surface area contributed by atoms with Crippen LogP contribution in [0.1, 0.15) is 18.7 Å². The van der Waals surface area contributed by atoms with Gasteiger partial charge in [0.15, 0.2) is 41.3 Å². The molecule has 0 bridgehead atoms. The number of rotatable bonds is 14. The predicted octanol–water partition coefficient (Wildman–Crippen LogP) is -5.19. The summed E-state index contributed by atoms with van der Waals surface area (Å²) in [4.78, 5) is 82.2. The second kappa shape index (κ2) is 16.7. The molecule has 336 valence electrons. The summed E-state index contributed by atoms with van der Waals surface area (Å²) in [5, 5.41) is 53.9. The molecule has 8 heterocycles. The van der Waals surface area contributed by atoms with Crippen LogP contribution in [0, 0.1) is 0 Å². The molecule has 3 aliphatic heterocycles. The summed E-state index contributed by atoms with van der Waals surface area (Å²) in [5.74, 6) is -0.298. The van der Waals surface area contributed by atoms with Gasteiger partial charge in [-0.25, -0.2) is 33.9 Å². The number of nitrogen functional groups attached to an aromatic ring is 2. The predicted molar refractivity (Wildman–Crippen MR) is 198 cm³/mol. The Balaban J connectivity index is 0.966. The van der Waals surface area contributed by atoms with Crippen molar-refractivity contribution in [2.24, 2.45) is 0 Å². The van der Waals surface area contributed by atoms with E-state index in [2.05, 4.69) is 29.9 Å². The van der Waals surface area contributed by atoms with Crippen molar-refractivity contribution in [3.8, 4) is 0 Å². The summed E-state index contributed by atoms with van der Waals surface area (Å²) in [7, 11) is -10.8. The fourth-order valence-corrected chi connectivity index (χ4v) is 8.98. The van der Waals surface area contributed by atoms with Gasteiger partial charge < -0.3 is 61.0 Å². The molecule has 3 saturated heterocycles. The Morgan fingerprint density at radius 1 is 0.710 bits per heavy atom. The SMILES string of the molecule is Nc1nc2c(ncn2[C@@H]2O[C@H](COP(=O)(O)O[C@H]3[C@@H](O)[C@H](n4ccc(=O)[nH]c4=O)O[C@@H]3COP(=O)(O)O[C@H]3[C@@H](O)[C@H](n4cnc5c(N)ncnc54)O[C@@H]3CO)[C@@H](O)[C@H]2O)c(=O)[nH]1. The highest BCUT2D eigenvalue weighted by Gasteiger charge is 2.53. The summed E-state index contributed by atoms with van der Waals surface area (Å²) in [6.07, 6.45) is -16.4. The Morgan fingerprint density at radius 2 is 1.27 bits per heavy atom. The summed E-state index contributed by atoms with van der Waals surface area (Å²) in [6.45, 7) is -2.91. The zero-order valence-electron chi connectivity index (χ0n) is 31.1. The lowest BCUT2D eigenvalue weighted by Gasteiger charge is -2.25. The number of phosphoric ester groups is 2. The number of hydrogen-bond donors (Lipinski definition) is 11. The molecule has 3 aliphatic rings. The number of aromatic amines is 2. The van der Waals surface area contributed by atoms with Crippen LogP contribution in [0.2, 0.25) is 0 Å². The van der Waals surface area contributed by atoms with Crippen LogP contribution in [0.25, 0.3) is 22.3 Å². The van der Waals surface area contributed by atoms with E-state index < -0.39 is 126 Å². The van der Waals surface area contributed by atoms with Gasteiger partial charge in [0.2, 0.25) is 5.95 Å². The Kier molecular flexibility index (Phi) is 11.7. The van der Waals surface area contributed by atoms with Gasteiger partial charge in [-0.15, -0.1) is 0 Å². The van der Waals surface area contributed by atoms with Crippen molar-refractivity contribution in [1.29, 1.82) is 0 Å². The molecule has 5 aromatic rings. The lowest BCUT2D eigenvalue weighted by atomic mass is 10.1. The molecular weight excluding hydrogens is 882 g/mol. The Morgan fingerprint density at radius 3 is 1.94 bits per heavy atom. The lowest BCUT2D eigenvalue weighted by Crippen LogP contribution is -2.39. The molecule has 33 heteroatoms. The molecule has 0 aliphatic carbocycles. The third-order valence-corrected chi connectivity index (χ3v) is 11.9. The van der Waals surface area contributed by atoms with Crippen LogP contribution < -0.4 is 28.3 Å². The monoisotopic (exact) mass is 918 g/mol. The molecule has 0 spiro atoms. The summed E-state index contributed by atoms with van der Waals surface area (Å²) in [6, 6.07) is 0.880. The first-order valence-electron chi connectivity index (χ1n) is 17.9. The van der Waals surface area contributed by atoms with Crippen LogP contribution in [0.3, 0.4) is 0 Å². The van der Waals surface area contributed by atoms with E-state index in [-0.39, 0.29) is 34.1 Å². The molecule has 31 nitrogen and oxygen atoms in total. The van der Waals surface area contributed by atoms with E-state index in [9.17, 15) is 58.8 Å². The fraction of sp³-hybridized carbons (Fsp3) is 0.517. The van der Waals surface area contributed by atoms with E-state index in [1.54, 1.807) is 0 Å². The molecule has 0 saturated carbocycles. The summed E-state index contributed by atoms with van der Waals surface area (Å²) >= 11 is 0. The number of fused-ring (bicyclic) bond motifs is 2. The maximum absolute atomic E-state index is 13.4. The molecule has 3 fully saturated rings. The second-order valence-electron chi connectivity index (χ2n) is 13.9. The number of H-pyrrole nitrogens is 2. The zero-order valence-corrected chi connectivity index (χ0v) is 32.9. The number of nitrogens with zero attached hydrogens (tertiary/aromatic N) is 8. The van der Waals surface area contributed by atoms with E-state index in [1.165, 1.54) is 10.9 Å². The number of aliphatic hydroxyl groups excluding tert-OH is 5. The number of phosphoric acid groups is 2. The molecule has 13 N–H and O–H groups in total. The Labute approximate surface area is 342 Å². The molecule has 0 amide bonds. The quantitative estimate of drug-likeness (QED) is 0.0464. The van der Waals surface area contributed by atoms with Crippen molar-refractivity contribution < 1.29 is 76.8 Å². The smallest absolute Gasteiger partial charge is 0.394 e. The average molecular weight is 919 g/mol. The van der Waals surface area contributed by atoms with Crippen LogP contribution in [-0.4, -0.2) is 159 Å². The van der Waals surface area contributed by atoms with Crippen molar-refractivity contribution in [2.75, 3.05) is 31.3 Å². The van der Waals surface area contributed by atoms with Crippen molar-refractivity contribution in [2.45, 2.75) is 73.6 Å². The topological polar surface area (TPSA) is 454 Å². The average Bonchev–Trinajstić information content (AvgIpc) is 4.02. The van der Waals surface area contributed by atoms with Gasteiger partial charge in [0.25, 0.3) is 11.1 Å². The van der Waals surface area contributed by atoms with E-state index in [4.69, 9.17) is 43.8 Å². The highest BCUT2D eigenvalue weighted by Crippen LogP contribution is 2.52. The highest BCUT2D eigenvalue weighted by atomic mass is 31.2. The molecular formula is C29H36N12O19P2. The summed E-state index contributed by atoms with van der Waals surface area (Å²) < 4.78 is 67.3. The van der Waals surface area contributed by atoms with Crippen molar-refractivity contribution in [1.82, 2.24) is 48.6 Å². The van der Waals surface area contributed by atoms with Crippen LogP contribution in [0.4, 0.5) is 11.8 Å². The first-order chi connectivity index (χ1) is 29.4. The van der Waals surface area contributed by atoms with E-state index in [0.717, 1.165) is 29.5 Å². The Bertz CT molecular complexity index is 2750. The number of aliphatic hydroxyl groups is 5. The lowest BCUT2D eigenvalue weighted by molar-refractivity contribution is -0.0633. The maximum Gasteiger partial charge on any atom is 0.472 e. The molecule has 5 aromatic heterocycles. The fourth-order valence-electron chi connectivity index (χ4n) is 7.05. The second-order valence-corrected chi connectivity index (χ2v) is 16.7. The molecule has 62 heavy (non-hydrogen) atoms. The largest absolute Gasteiger partial charge is 0.472 e. The summed E-state index contributed by atoms with van der Waals surface area (Å²) in [5.41, 5.74) is 8.71. The van der Waals surface area contributed by atoms with Gasteiger partial charge in [-0.1, -0.05) is 0 Å². The van der Waals surface area contributed by atoms with E-state index in [0.29, 0.717) is 4.57 Å². The van der Waals surface area contributed by atoms with Gasteiger partial charge in [0, 0.05) is 12.3 Å². The number of anilines is 2. The number of imidazole rings is 2. The van der Waals surface area contributed by atoms with Gasteiger partial charge in [-0.05, 0) is 0 Å². The molecule has 0 aromatic carbocycles. The number of nitrogens with one attached hydrogen (secondary N) is 2. The zero-order chi connectivity index (χ0) is 44.4. The number of ether oxygens (including phenoxy) is 3. The number of aromatic nitrogens is 10. The third-order valence-electron chi connectivity index (χ3n) is 9.96. The third kappa shape index (κ3) is 8.21. The minimum absolute atomic E-state index is 0.000424. The molecule has 0 radical (unpaired) electrons. The molecule has 8 rings (SSSR count). The molecule has 14 atom stereocenters. The van der Waals surface area contributed by atoms with Gasteiger partial charge in [-0.3, -0.25) is 51.4 Å². The van der Waals surface area contributed by atoms with Crippen molar-refractivity contribution in [3.63, 3.8) is 0 Å². The number of nitrogens with two attached hydrogens (primary N) is 2. The first-order valence-corrected chi connectivity index (χ1v) is 20.9.